The van der Waals surface area contributed by atoms with E-state index in [9.17, 15) is 13.2 Å². The number of aromatic nitrogens is 1. The van der Waals surface area contributed by atoms with Crippen molar-refractivity contribution in [3.8, 4) is 11.8 Å². The zero-order chi connectivity index (χ0) is 12.3. The molecule has 0 aliphatic heterocycles. The van der Waals surface area contributed by atoms with Gasteiger partial charge in [0, 0.05) is 12.6 Å². The lowest BCUT2D eigenvalue weighted by molar-refractivity contribution is -0.275. The number of ether oxygens (including phenoxy) is 1. The molecule has 0 aliphatic rings. The number of nitrogens with zero attached hydrogens (tertiary/aromatic N) is 2. The molecule has 1 aromatic heterocycles. The largest absolute Gasteiger partial charge is 0.573 e. The summed E-state index contributed by atoms with van der Waals surface area (Å²) in [4.78, 5) is 3.55. The molecule has 0 fully saturated rings. The van der Waals surface area contributed by atoms with Gasteiger partial charge in [0.05, 0.1) is 11.3 Å². The van der Waals surface area contributed by atoms with Crippen LogP contribution in [0.4, 0.5) is 19.0 Å². The second-order valence-electron chi connectivity index (χ2n) is 2.73. The van der Waals surface area contributed by atoms with Crippen molar-refractivity contribution in [2.24, 2.45) is 5.73 Å². The molecule has 0 atom stereocenters. The lowest BCUT2D eigenvalue weighted by Crippen LogP contribution is -2.20. The van der Waals surface area contributed by atoms with Crippen molar-refractivity contribution in [3.05, 3.63) is 17.3 Å². The number of pyridine rings is 1. The number of rotatable bonds is 2. The minimum absolute atomic E-state index is 0.158. The van der Waals surface area contributed by atoms with E-state index in [0.717, 1.165) is 6.07 Å². The van der Waals surface area contributed by atoms with Crippen LogP contribution in [0.5, 0.6) is 5.75 Å². The first kappa shape index (κ1) is 12.1. The average molecular weight is 232 g/mol. The van der Waals surface area contributed by atoms with Gasteiger partial charge in [0.2, 0.25) is 0 Å². The van der Waals surface area contributed by atoms with Crippen molar-refractivity contribution >= 4 is 5.82 Å². The molecule has 8 heteroatoms. The number of nitrogens with two attached hydrogens (primary N) is 2. The topological polar surface area (TPSA) is 97.9 Å². The molecule has 86 valence electrons. The summed E-state index contributed by atoms with van der Waals surface area (Å²) < 4.78 is 39.6. The summed E-state index contributed by atoms with van der Waals surface area (Å²) in [6.45, 7) is -0.276. The van der Waals surface area contributed by atoms with E-state index in [-0.39, 0.29) is 23.6 Å². The summed E-state index contributed by atoms with van der Waals surface area (Å²) in [5.74, 6) is -0.793. The van der Waals surface area contributed by atoms with Crippen molar-refractivity contribution in [1.29, 1.82) is 5.26 Å². The molecule has 1 rings (SSSR count). The van der Waals surface area contributed by atoms with E-state index in [4.69, 9.17) is 16.7 Å². The van der Waals surface area contributed by atoms with Crippen LogP contribution < -0.4 is 16.2 Å². The zero-order valence-electron chi connectivity index (χ0n) is 7.88. The molecule has 0 saturated heterocycles. The fourth-order valence-electron chi connectivity index (χ4n) is 0.998. The van der Waals surface area contributed by atoms with Gasteiger partial charge in [-0.3, -0.25) is 0 Å². The van der Waals surface area contributed by atoms with E-state index in [0.29, 0.717) is 0 Å². The maximum atomic E-state index is 12.0. The van der Waals surface area contributed by atoms with Gasteiger partial charge in [0.15, 0.2) is 5.75 Å². The van der Waals surface area contributed by atoms with Crippen LogP contribution >= 0.6 is 0 Å². The Balaban J connectivity index is 3.21. The van der Waals surface area contributed by atoms with E-state index >= 15 is 0 Å². The smallest absolute Gasteiger partial charge is 0.404 e. The second-order valence-corrected chi connectivity index (χ2v) is 2.73. The molecule has 0 amide bonds. The number of hydrogen-bond acceptors (Lipinski definition) is 5. The summed E-state index contributed by atoms with van der Waals surface area (Å²) in [5.41, 5.74) is 10.1. The van der Waals surface area contributed by atoms with Gasteiger partial charge in [-0.25, -0.2) is 4.98 Å². The Hall–Kier alpha value is -2.01. The Labute approximate surface area is 88.4 Å². The van der Waals surface area contributed by atoms with Crippen LogP contribution in [-0.2, 0) is 6.54 Å². The molecule has 1 heterocycles. The molecular weight excluding hydrogens is 225 g/mol. The molecular formula is C8H7F3N4O. The van der Waals surface area contributed by atoms with Crippen LogP contribution in [0.2, 0.25) is 0 Å². The van der Waals surface area contributed by atoms with Gasteiger partial charge >= 0.3 is 6.36 Å². The summed E-state index contributed by atoms with van der Waals surface area (Å²) in [6, 6.07) is 2.46. The number of nitrogen functional groups attached to an aromatic ring is 1. The third-order valence-electron chi connectivity index (χ3n) is 1.63. The Bertz CT molecular complexity index is 438. The molecule has 0 aliphatic carbocycles. The number of anilines is 1. The zero-order valence-corrected chi connectivity index (χ0v) is 7.88. The van der Waals surface area contributed by atoms with Gasteiger partial charge in [0.25, 0.3) is 0 Å². The normalized spacial score (nSPS) is 10.9. The summed E-state index contributed by atoms with van der Waals surface area (Å²) >= 11 is 0. The standard InChI is InChI=1S/C8H7F3N4O/c9-8(10,11)16-6-1-4(2-12)7(14)15-5(6)3-13/h1H,3,13H2,(H2,14,15). The van der Waals surface area contributed by atoms with Crippen molar-refractivity contribution in [3.63, 3.8) is 0 Å². The van der Waals surface area contributed by atoms with E-state index in [1.54, 1.807) is 6.07 Å². The highest BCUT2D eigenvalue weighted by molar-refractivity contribution is 5.53. The van der Waals surface area contributed by atoms with Gasteiger partial charge in [-0.2, -0.15) is 5.26 Å². The third kappa shape index (κ3) is 2.74. The van der Waals surface area contributed by atoms with Crippen LogP contribution in [0, 0.1) is 11.3 Å². The Kier molecular flexibility index (Phi) is 3.20. The van der Waals surface area contributed by atoms with E-state index in [1.165, 1.54) is 0 Å². The predicted molar refractivity (Wildman–Crippen MR) is 47.9 cm³/mol. The molecule has 16 heavy (non-hydrogen) atoms. The molecule has 0 spiro atoms. The van der Waals surface area contributed by atoms with Crippen molar-refractivity contribution in [2.45, 2.75) is 12.9 Å². The lowest BCUT2D eigenvalue weighted by Gasteiger charge is -2.12. The molecule has 0 bridgehead atoms. The maximum absolute atomic E-state index is 12.0. The Morgan fingerprint density at radius 1 is 1.50 bits per heavy atom. The van der Waals surface area contributed by atoms with E-state index in [2.05, 4.69) is 9.72 Å². The highest BCUT2D eigenvalue weighted by Crippen LogP contribution is 2.27. The van der Waals surface area contributed by atoms with Gasteiger partial charge < -0.3 is 16.2 Å². The van der Waals surface area contributed by atoms with Gasteiger partial charge in [-0.15, -0.1) is 13.2 Å². The first-order valence-electron chi connectivity index (χ1n) is 4.02. The number of nitriles is 1. The van der Waals surface area contributed by atoms with Crippen LogP contribution in [0.3, 0.4) is 0 Å². The van der Waals surface area contributed by atoms with Gasteiger partial charge in [-0.1, -0.05) is 0 Å². The molecule has 4 N–H and O–H groups in total. The summed E-state index contributed by atoms with van der Waals surface area (Å²) in [6.07, 6.45) is -4.87. The van der Waals surface area contributed by atoms with E-state index < -0.39 is 12.1 Å². The minimum atomic E-state index is -4.87. The van der Waals surface area contributed by atoms with Crippen molar-refractivity contribution in [1.82, 2.24) is 4.98 Å². The third-order valence-corrected chi connectivity index (χ3v) is 1.63. The Morgan fingerprint density at radius 3 is 2.56 bits per heavy atom. The van der Waals surface area contributed by atoms with E-state index in [1.807, 2.05) is 0 Å². The van der Waals surface area contributed by atoms with Gasteiger partial charge in [-0.05, 0) is 0 Å². The summed E-state index contributed by atoms with van der Waals surface area (Å²) in [5, 5.41) is 8.57. The van der Waals surface area contributed by atoms with Gasteiger partial charge in [0.1, 0.15) is 11.9 Å². The molecule has 0 aromatic carbocycles. The number of halogens is 3. The quantitative estimate of drug-likeness (QED) is 0.789. The monoisotopic (exact) mass is 232 g/mol. The lowest BCUT2D eigenvalue weighted by atomic mass is 10.2. The average Bonchev–Trinajstić information content (AvgIpc) is 2.18. The predicted octanol–water partition coefficient (Wildman–Crippen LogP) is 0.893. The first-order valence-corrected chi connectivity index (χ1v) is 4.02. The molecule has 0 radical (unpaired) electrons. The number of hydrogen-bond donors (Lipinski definition) is 2. The molecule has 0 unspecified atom stereocenters. The minimum Gasteiger partial charge on any atom is -0.404 e. The molecule has 0 saturated carbocycles. The Morgan fingerprint density at radius 2 is 2.12 bits per heavy atom. The maximum Gasteiger partial charge on any atom is 0.573 e. The fraction of sp³-hybridized carbons (Fsp3) is 0.250. The van der Waals surface area contributed by atoms with Crippen molar-refractivity contribution < 1.29 is 17.9 Å². The SMILES string of the molecule is N#Cc1cc(OC(F)(F)F)c(CN)nc1N. The van der Waals surface area contributed by atoms with Crippen LogP contribution in [-0.4, -0.2) is 11.3 Å². The van der Waals surface area contributed by atoms with Crippen LogP contribution in [0.25, 0.3) is 0 Å². The highest BCUT2D eigenvalue weighted by Gasteiger charge is 2.32. The highest BCUT2D eigenvalue weighted by atomic mass is 19.4. The first-order chi connectivity index (χ1) is 7.37. The molecule has 1 aromatic rings. The fourth-order valence-corrected chi connectivity index (χ4v) is 0.998. The summed E-state index contributed by atoms with van der Waals surface area (Å²) in [7, 11) is 0. The van der Waals surface area contributed by atoms with Crippen LogP contribution in [0.1, 0.15) is 11.3 Å². The number of alkyl halides is 3. The second kappa shape index (κ2) is 4.24. The van der Waals surface area contributed by atoms with Crippen LogP contribution in [0.15, 0.2) is 6.07 Å². The van der Waals surface area contributed by atoms with Crippen molar-refractivity contribution in [2.75, 3.05) is 5.73 Å². The molecule has 5 nitrogen and oxygen atoms in total.